The average molecular weight is 309 g/mol. The first kappa shape index (κ1) is 14.3. The van der Waals surface area contributed by atoms with Gasteiger partial charge < -0.3 is 9.73 Å². The van der Waals surface area contributed by atoms with E-state index in [1.807, 2.05) is 0 Å². The number of hydrogen-bond acceptors (Lipinski definition) is 4. The van der Waals surface area contributed by atoms with E-state index in [1.54, 1.807) is 18.2 Å². The van der Waals surface area contributed by atoms with Crippen molar-refractivity contribution in [3.63, 3.8) is 0 Å². The minimum absolute atomic E-state index is 0.0670. The van der Waals surface area contributed by atoms with Crippen molar-refractivity contribution in [1.82, 2.24) is 10.2 Å². The normalized spacial score (nSPS) is 29.4. The van der Waals surface area contributed by atoms with Gasteiger partial charge in [-0.2, -0.15) is 5.26 Å². The van der Waals surface area contributed by atoms with Gasteiger partial charge in [0.05, 0.1) is 5.56 Å². The Labute approximate surface area is 134 Å². The summed E-state index contributed by atoms with van der Waals surface area (Å²) >= 11 is 0. The average Bonchev–Trinajstić information content (AvgIpc) is 3.00. The molecule has 0 aliphatic carbocycles. The molecule has 1 amide bonds. The quantitative estimate of drug-likeness (QED) is 0.925. The van der Waals surface area contributed by atoms with Crippen LogP contribution in [0.4, 0.5) is 0 Å². The molecule has 118 valence electrons. The molecule has 0 spiro atoms. The van der Waals surface area contributed by atoms with Crippen molar-refractivity contribution in [3.05, 3.63) is 35.6 Å². The van der Waals surface area contributed by atoms with Crippen molar-refractivity contribution in [2.24, 2.45) is 5.92 Å². The number of nitrogens with zero attached hydrogens (tertiary/aromatic N) is 2. The van der Waals surface area contributed by atoms with Crippen LogP contribution in [0.2, 0.25) is 0 Å². The summed E-state index contributed by atoms with van der Waals surface area (Å²) < 4.78 is 5.32. The summed E-state index contributed by atoms with van der Waals surface area (Å²) in [4.78, 5) is 15.1. The van der Waals surface area contributed by atoms with Crippen LogP contribution in [0.15, 0.2) is 28.9 Å². The Morgan fingerprint density at radius 3 is 2.87 bits per heavy atom. The van der Waals surface area contributed by atoms with Gasteiger partial charge in [0, 0.05) is 23.0 Å². The molecule has 0 saturated carbocycles. The number of carbonyl (C=O) groups is 1. The Morgan fingerprint density at radius 1 is 1.39 bits per heavy atom. The third kappa shape index (κ3) is 2.30. The van der Waals surface area contributed by atoms with E-state index < -0.39 is 0 Å². The molecule has 5 rings (SSSR count). The first-order chi connectivity index (χ1) is 11.2. The third-order valence-electron chi connectivity index (χ3n) is 5.43. The lowest BCUT2D eigenvalue weighted by atomic mass is 9.79. The van der Waals surface area contributed by atoms with Crippen LogP contribution in [-0.4, -0.2) is 36.0 Å². The van der Waals surface area contributed by atoms with Gasteiger partial charge in [-0.3, -0.25) is 9.69 Å². The molecule has 5 heteroatoms. The Balaban J connectivity index is 1.58. The molecule has 0 radical (unpaired) electrons. The third-order valence-corrected chi connectivity index (χ3v) is 5.43. The molecule has 5 nitrogen and oxygen atoms in total. The van der Waals surface area contributed by atoms with Gasteiger partial charge in [-0.1, -0.05) is 0 Å². The van der Waals surface area contributed by atoms with Crippen molar-refractivity contribution in [3.8, 4) is 6.07 Å². The molecule has 1 N–H and O–H groups in total. The highest BCUT2D eigenvalue weighted by Crippen LogP contribution is 2.32. The second kappa shape index (κ2) is 5.39. The maximum Gasteiger partial charge on any atom is 0.251 e. The minimum Gasteiger partial charge on any atom is -0.463 e. The number of piperidine rings is 3. The van der Waals surface area contributed by atoms with Gasteiger partial charge in [0.1, 0.15) is 17.9 Å². The molecule has 0 unspecified atom stereocenters. The zero-order valence-corrected chi connectivity index (χ0v) is 13.1. The van der Waals surface area contributed by atoms with Crippen LogP contribution >= 0.6 is 0 Å². The summed E-state index contributed by atoms with van der Waals surface area (Å²) in [7, 11) is 0. The molecule has 23 heavy (non-hydrogen) atoms. The summed E-state index contributed by atoms with van der Waals surface area (Å²) in [6, 6.07) is 7.95. The highest BCUT2D eigenvalue weighted by atomic mass is 16.3. The molecule has 2 bridgehead atoms. The van der Waals surface area contributed by atoms with Crippen LogP contribution < -0.4 is 5.32 Å². The van der Waals surface area contributed by atoms with E-state index in [4.69, 9.17) is 9.68 Å². The lowest BCUT2D eigenvalue weighted by Crippen LogP contribution is -2.62. The number of hydrogen-bond donors (Lipinski definition) is 1. The molecule has 1 aromatic heterocycles. The van der Waals surface area contributed by atoms with E-state index in [0.29, 0.717) is 34.1 Å². The van der Waals surface area contributed by atoms with Crippen LogP contribution in [0.5, 0.6) is 0 Å². The monoisotopic (exact) mass is 309 g/mol. The number of benzene rings is 1. The summed E-state index contributed by atoms with van der Waals surface area (Å²) in [6.07, 6.45) is 3.76. The number of nitriles is 1. The molecule has 3 aliphatic rings. The zero-order chi connectivity index (χ0) is 16.0. The van der Waals surface area contributed by atoms with Gasteiger partial charge in [-0.05, 0) is 57.0 Å². The highest BCUT2D eigenvalue weighted by Gasteiger charge is 2.40. The molecule has 4 heterocycles. The highest BCUT2D eigenvalue weighted by molar-refractivity contribution is 5.99. The van der Waals surface area contributed by atoms with Crippen LogP contribution in [0.3, 0.4) is 0 Å². The van der Waals surface area contributed by atoms with E-state index in [0.717, 1.165) is 25.9 Å². The van der Waals surface area contributed by atoms with Crippen LogP contribution in [0.25, 0.3) is 11.0 Å². The fourth-order valence-electron chi connectivity index (χ4n) is 4.04. The Bertz CT molecular complexity index is 794. The molecular formula is C18H19N3O2. The topological polar surface area (TPSA) is 69.3 Å². The van der Waals surface area contributed by atoms with E-state index in [9.17, 15) is 4.79 Å². The van der Waals surface area contributed by atoms with Crippen molar-refractivity contribution in [2.75, 3.05) is 13.1 Å². The summed E-state index contributed by atoms with van der Waals surface area (Å²) in [6.45, 7) is 4.48. The van der Waals surface area contributed by atoms with Gasteiger partial charge in [0.25, 0.3) is 5.91 Å². The lowest BCUT2D eigenvalue weighted by Gasteiger charge is -2.49. The minimum atomic E-state index is -0.0670. The second-order valence-corrected chi connectivity index (χ2v) is 6.59. The van der Waals surface area contributed by atoms with Crippen molar-refractivity contribution < 1.29 is 9.21 Å². The van der Waals surface area contributed by atoms with Gasteiger partial charge in [-0.15, -0.1) is 0 Å². The van der Waals surface area contributed by atoms with Gasteiger partial charge in [0.2, 0.25) is 0 Å². The first-order valence-electron chi connectivity index (χ1n) is 8.13. The van der Waals surface area contributed by atoms with E-state index >= 15 is 0 Å². The Morgan fingerprint density at radius 2 is 2.17 bits per heavy atom. The molecule has 3 saturated heterocycles. The van der Waals surface area contributed by atoms with Crippen molar-refractivity contribution >= 4 is 16.9 Å². The maximum absolute atomic E-state index is 12.7. The van der Waals surface area contributed by atoms with Crippen LogP contribution in [0.1, 0.15) is 35.7 Å². The summed E-state index contributed by atoms with van der Waals surface area (Å²) in [5.41, 5.74) is 1.68. The van der Waals surface area contributed by atoms with Gasteiger partial charge in [-0.25, -0.2) is 0 Å². The smallest absolute Gasteiger partial charge is 0.251 e. The second-order valence-electron chi connectivity index (χ2n) is 6.59. The largest absolute Gasteiger partial charge is 0.463 e. The number of carbonyl (C=O) groups excluding carboxylic acids is 1. The Kier molecular flexibility index (Phi) is 3.35. The zero-order valence-electron chi connectivity index (χ0n) is 13.1. The molecule has 3 fully saturated rings. The predicted octanol–water partition coefficient (Wildman–Crippen LogP) is 2.52. The lowest BCUT2D eigenvalue weighted by molar-refractivity contribution is 0.0217. The van der Waals surface area contributed by atoms with Crippen molar-refractivity contribution in [2.45, 2.75) is 31.8 Å². The molecule has 1 aromatic carbocycles. The number of rotatable bonds is 2. The number of nitrogens with one attached hydrogen (secondary N) is 1. The van der Waals surface area contributed by atoms with Crippen LogP contribution in [0, 0.1) is 17.2 Å². The Hall–Kier alpha value is -2.32. The van der Waals surface area contributed by atoms with Gasteiger partial charge in [0.15, 0.2) is 0 Å². The first-order valence-corrected chi connectivity index (χ1v) is 8.13. The molecule has 2 aromatic rings. The van der Waals surface area contributed by atoms with Crippen LogP contribution in [-0.2, 0) is 0 Å². The van der Waals surface area contributed by atoms with Crippen molar-refractivity contribution in [1.29, 1.82) is 5.26 Å². The van der Waals surface area contributed by atoms with E-state index in [1.165, 1.54) is 6.26 Å². The molecule has 2 atom stereocenters. The maximum atomic E-state index is 12.7. The summed E-state index contributed by atoms with van der Waals surface area (Å²) in [5.74, 6) is 0.508. The van der Waals surface area contributed by atoms with E-state index in [-0.39, 0.29) is 11.9 Å². The predicted molar refractivity (Wildman–Crippen MR) is 85.9 cm³/mol. The standard InChI is InChI=1S/C18H19N3O2/c1-11-17(12-4-6-21(11)7-5-12)20-18(22)13-2-3-16-15(8-13)14(9-19)10-23-16/h2-3,8,10-12,17H,4-7H2,1H3,(H,20,22)/t11-,17-/m0/s1. The number of fused-ring (bicyclic) bond motifs is 4. The fourth-order valence-corrected chi connectivity index (χ4v) is 4.04. The number of amides is 1. The fraction of sp³-hybridized carbons (Fsp3) is 0.444. The van der Waals surface area contributed by atoms with E-state index in [2.05, 4.69) is 23.2 Å². The SMILES string of the molecule is C[C@H]1[C@H](NC(=O)c2ccc3occ(C#N)c3c2)C2CCN1CC2. The summed E-state index contributed by atoms with van der Waals surface area (Å²) in [5, 5.41) is 13.0. The molecular weight excluding hydrogens is 290 g/mol. The molecule has 3 aliphatic heterocycles. The number of furan rings is 1. The van der Waals surface area contributed by atoms with Gasteiger partial charge >= 0.3 is 0 Å².